The smallest absolute Gasteiger partial charge is 0.159 e. The molecule has 0 aliphatic carbocycles. The minimum atomic E-state index is -0.811. The fourth-order valence-electron chi connectivity index (χ4n) is 3.68. The molecule has 0 amide bonds. The average molecular weight is 357 g/mol. The number of nitrogen functional groups attached to an aromatic ring is 1. The van der Waals surface area contributed by atoms with Gasteiger partial charge >= 0.3 is 0 Å². The van der Waals surface area contributed by atoms with E-state index in [-0.39, 0.29) is 5.92 Å². The Morgan fingerprint density at radius 2 is 2.04 bits per heavy atom. The van der Waals surface area contributed by atoms with Gasteiger partial charge in [0.1, 0.15) is 5.82 Å². The maximum absolute atomic E-state index is 13.4. The van der Waals surface area contributed by atoms with Crippen LogP contribution in [0.2, 0.25) is 0 Å². The highest BCUT2D eigenvalue weighted by atomic mass is 19.2. The molecule has 1 saturated heterocycles. The first kappa shape index (κ1) is 16.9. The van der Waals surface area contributed by atoms with Crippen LogP contribution in [0, 0.1) is 18.6 Å². The number of nitrogens with two attached hydrogens (primary N) is 1. The van der Waals surface area contributed by atoms with Crippen molar-refractivity contribution in [1.29, 1.82) is 0 Å². The summed E-state index contributed by atoms with van der Waals surface area (Å²) in [6.07, 6.45) is 2.06. The summed E-state index contributed by atoms with van der Waals surface area (Å²) in [4.78, 5) is 6.99. The number of piperidine rings is 1. The summed E-state index contributed by atoms with van der Waals surface area (Å²) in [5, 5.41) is 4.34. The quantitative estimate of drug-likeness (QED) is 0.782. The van der Waals surface area contributed by atoms with Crippen LogP contribution in [-0.2, 0) is 6.54 Å². The van der Waals surface area contributed by atoms with Gasteiger partial charge in [0.2, 0.25) is 0 Å². The van der Waals surface area contributed by atoms with E-state index in [0.29, 0.717) is 12.4 Å². The standard InChI is InChI=1S/C19H21F2N5/c1-12-7-19-23-17(9-18(22)26(19)24-12)14-3-2-6-25(11-14)10-13-4-5-15(20)16(21)8-13/h4-5,7-9,14H,2-3,6,10-11,22H2,1H3/t14-/m0/s1. The largest absolute Gasteiger partial charge is 0.384 e. The van der Waals surface area contributed by atoms with E-state index in [2.05, 4.69) is 10.00 Å². The van der Waals surface area contributed by atoms with Crippen LogP contribution in [0.1, 0.15) is 35.7 Å². The molecule has 0 unspecified atom stereocenters. The molecular formula is C19H21F2N5. The second-order valence-electron chi connectivity index (χ2n) is 6.98. The highest BCUT2D eigenvalue weighted by molar-refractivity contribution is 5.48. The number of aromatic nitrogens is 3. The van der Waals surface area contributed by atoms with E-state index in [0.717, 1.165) is 48.5 Å². The average Bonchev–Trinajstić information content (AvgIpc) is 2.99. The Bertz CT molecular complexity index is 952. The van der Waals surface area contributed by atoms with Crippen LogP contribution in [0.3, 0.4) is 0 Å². The molecule has 3 aromatic rings. The van der Waals surface area contributed by atoms with E-state index in [4.69, 9.17) is 10.7 Å². The molecule has 4 rings (SSSR count). The fourth-order valence-corrected chi connectivity index (χ4v) is 3.68. The molecule has 1 aliphatic heterocycles. The van der Waals surface area contributed by atoms with Crippen LogP contribution in [0.5, 0.6) is 0 Å². The summed E-state index contributed by atoms with van der Waals surface area (Å²) in [6, 6.07) is 7.91. The van der Waals surface area contributed by atoms with E-state index in [9.17, 15) is 8.78 Å². The summed E-state index contributed by atoms with van der Waals surface area (Å²) in [5.41, 5.74) is 9.51. The maximum Gasteiger partial charge on any atom is 0.159 e. The van der Waals surface area contributed by atoms with Gasteiger partial charge in [-0.15, -0.1) is 0 Å². The zero-order valence-corrected chi connectivity index (χ0v) is 14.6. The number of anilines is 1. The van der Waals surface area contributed by atoms with Crippen LogP contribution < -0.4 is 5.73 Å². The molecule has 0 bridgehead atoms. The van der Waals surface area contributed by atoms with E-state index in [1.165, 1.54) is 12.1 Å². The molecule has 1 aliphatic rings. The lowest BCUT2D eigenvalue weighted by Crippen LogP contribution is -2.34. The van der Waals surface area contributed by atoms with Gasteiger partial charge in [0, 0.05) is 31.1 Å². The number of likely N-dealkylation sites (tertiary alicyclic amines) is 1. The van der Waals surface area contributed by atoms with Crippen molar-refractivity contribution in [3.63, 3.8) is 0 Å². The van der Waals surface area contributed by atoms with Gasteiger partial charge in [-0.05, 0) is 44.0 Å². The lowest BCUT2D eigenvalue weighted by Gasteiger charge is -2.32. The molecule has 7 heteroatoms. The Balaban J connectivity index is 1.53. The molecule has 2 aromatic heterocycles. The van der Waals surface area contributed by atoms with Gasteiger partial charge < -0.3 is 5.73 Å². The van der Waals surface area contributed by atoms with Crippen molar-refractivity contribution in [2.45, 2.75) is 32.2 Å². The zero-order chi connectivity index (χ0) is 18.3. The SMILES string of the molecule is Cc1cc2nc([C@H]3CCCN(Cc4ccc(F)c(F)c4)C3)cc(N)n2n1. The molecule has 0 spiro atoms. The normalized spacial score (nSPS) is 18.5. The van der Waals surface area contributed by atoms with Gasteiger partial charge in [-0.1, -0.05) is 6.07 Å². The second-order valence-corrected chi connectivity index (χ2v) is 6.98. The van der Waals surface area contributed by atoms with E-state index >= 15 is 0 Å². The van der Waals surface area contributed by atoms with Gasteiger partial charge in [-0.3, -0.25) is 4.90 Å². The lowest BCUT2D eigenvalue weighted by molar-refractivity contribution is 0.198. The number of aryl methyl sites for hydroxylation is 1. The number of hydrogen-bond acceptors (Lipinski definition) is 4. The monoisotopic (exact) mass is 357 g/mol. The summed E-state index contributed by atoms with van der Waals surface area (Å²) in [5.74, 6) is -0.770. The van der Waals surface area contributed by atoms with Crippen LogP contribution in [0.15, 0.2) is 30.3 Å². The highest BCUT2D eigenvalue weighted by Crippen LogP contribution is 2.28. The molecule has 2 N–H and O–H groups in total. The third kappa shape index (κ3) is 3.26. The Morgan fingerprint density at radius 3 is 2.85 bits per heavy atom. The van der Waals surface area contributed by atoms with Gasteiger partial charge in [0.15, 0.2) is 17.3 Å². The van der Waals surface area contributed by atoms with E-state index < -0.39 is 11.6 Å². The van der Waals surface area contributed by atoms with Crippen LogP contribution >= 0.6 is 0 Å². The van der Waals surface area contributed by atoms with Crippen molar-refractivity contribution in [3.8, 4) is 0 Å². The molecule has 3 heterocycles. The van der Waals surface area contributed by atoms with Gasteiger partial charge in [0.05, 0.1) is 11.4 Å². The molecule has 0 saturated carbocycles. The van der Waals surface area contributed by atoms with Crippen molar-refractivity contribution in [3.05, 3.63) is 58.9 Å². The lowest BCUT2D eigenvalue weighted by atomic mass is 9.94. The van der Waals surface area contributed by atoms with Crippen molar-refractivity contribution in [2.24, 2.45) is 0 Å². The van der Waals surface area contributed by atoms with Crippen molar-refractivity contribution < 1.29 is 8.78 Å². The van der Waals surface area contributed by atoms with Gasteiger partial charge in [0.25, 0.3) is 0 Å². The minimum Gasteiger partial charge on any atom is -0.384 e. The number of hydrogen-bond donors (Lipinski definition) is 1. The number of halogens is 2. The molecule has 136 valence electrons. The summed E-state index contributed by atoms with van der Waals surface area (Å²) in [6.45, 7) is 4.25. The van der Waals surface area contributed by atoms with Gasteiger partial charge in [-0.25, -0.2) is 13.8 Å². The van der Waals surface area contributed by atoms with Crippen LogP contribution in [-0.4, -0.2) is 32.6 Å². The van der Waals surface area contributed by atoms with E-state index in [1.54, 1.807) is 10.6 Å². The number of rotatable bonds is 3. The third-order valence-corrected chi connectivity index (χ3v) is 4.91. The first-order valence-electron chi connectivity index (χ1n) is 8.78. The maximum atomic E-state index is 13.4. The minimum absolute atomic E-state index is 0.261. The second kappa shape index (κ2) is 6.64. The molecule has 26 heavy (non-hydrogen) atoms. The summed E-state index contributed by atoms with van der Waals surface area (Å²) >= 11 is 0. The van der Waals surface area contributed by atoms with E-state index in [1.807, 2.05) is 19.1 Å². The Hall–Kier alpha value is -2.54. The first-order valence-corrected chi connectivity index (χ1v) is 8.78. The number of benzene rings is 1. The molecule has 0 radical (unpaired) electrons. The number of nitrogens with zero attached hydrogens (tertiary/aromatic N) is 4. The predicted molar refractivity (Wildman–Crippen MR) is 95.7 cm³/mol. The van der Waals surface area contributed by atoms with Crippen LogP contribution in [0.25, 0.3) is 5.65 Å². The molecule has 1 atom stereocenters. The zero-order valence-electron chi connectivity index (χ0n) is 14.6. The Labute approximate surface area is 150 Å². The topological polar surface area (TPSA) is 59.5 Å². The molecule has 5 nitrogen and oxygen atoms in total. The highest BCUT2D eigenvalue weighted by Gasteiger charge is 2.24. The summed E-state index contributed by atoms with van der Waals surface area (Å²) in [7, 11) is 0. The summed E-state index contributed by atoms with van der Waals surface area (Å²) < 4.78 is 28.2. The first-order chi connectivity index (χ1) is 12.5. The Kier molecular flexibility index (Phi) is 4.32. The Morgan fingerprint density at radius 1 is 1.19 bits per heavy atom. The molecule has 1 fully saturated rings. The van der Waals surface area contributed by atoms with Crippen LogP contribution in [0.4, 0.5) is 14.6 Å². The fraction of sp³-hybridized carbons (Fsp3) is 0.368. The van der Waals surface area contributed by atoms with Crippen molar-refractivity contribution >= 4 is 11.5 Å². The third-order valence-electron chi connectivity index (χ3n) is 4.91. The number of fused-ring (bicyclic) bond motifs is 1. The molecule has 1 aromatic carbocycles. The molecular weight excluding hydrogens is 336 g/mol. The van der Waals surface area contributed by atoms with Gasteiger partial charge in [-0.2, -0.15) is 9.61 Å². The van der Waals surface area contributed by atoms with Crippen molar-refractivity contribution in [1.82, 2.24) is 19.5 Å². The predicted octanol–water partition coefficient (Wildman–Crippen LogP) is 3.28. The van der Waals surface area contributed by atoms with Crippen molar-refractivity contribution in [2.75, 3.05) is 18.8 Å².